The lowest BCUT2D eigenvalue weighted by molar-refractivity contribution is 0.532. The second-order valence-corrected chi connectivity index (χ2v) is 3.40. The summed E-state index contributed by atoms with van der Waals surface area (Å²) in [5.74, 6) is 0. The molecule has 0 bridgehead atoms. The molecule has 1 N–H and O–H groups in total. The molecule has 0 aliphatic heterocycles. The molecule has 1 aromatic rings. The van der Waals surface area contributed by atoms with E-state index in [0.29, 0.717) is 6.04 Å². The average Bonchev–Trinajstić information content (AvgIpc) is 2.71. The molecule has 0 atom stereocenters. The van der Waals surface area contributed by atoms with E-state index in [9.17, 15) is 0 Å². The third kappa shape index (κ3) is 2.15. The van der Waals surface area contributed by atoms with Gasteiger partial charge in [0.15, 0.2) is 0 Å². The number of aryl methyl sites for hydroxylation is 1. The SMILES string of the molecule is Cn1cc(CNC2CC=CC2)nn1. The Balaban J connectivity index is 1.79. The lowest BCUT2D eigenvalue weighted by Gasteiger charge is -2.09. The molecule has 13 heavy (non-hydrogen) atoms. The van der Waals surface area contributed by atoms with E-state index in [1.54, 1.807) is 4.68 Å². The van der Waals surface area contributed by atoms with Gasteiger partial charge in [-0.1, -0.05) is 17.4 Å². The summed E-state index contributed by atoms with van der Waals surface area (Å²) in [6.45, 7) is 0.820. The third-order valence-corrected chi connectivity index (χ3v) is 2.23. The molecule has 1 heterocycles. The number of hydrogen-bond donors (Lipinski definition) is 1. The van der Waals surface area contributed by atoms with Crippen molar-refractivity contribution in [3.05, 3.63) is 24.0 Å². The molecular weight excluding hydrogens is 164 g/mol. The molecule has 0 radical (unpaired) electrons. The zero-order chi connectivity index (χ0) is 9.10. The predicted octanol–water partition coefficient (Wildman–Crippen LogP) is 0.623. The maximum atomic E-state index is 4.01. The van der Waals surface area contributed by atoms with Crippen LogP contribution in [0.1, 0.15) is 18.5 Å². The Hall–Kier alpha value is -1.16. The monoisotopic (exact) mass is 178 g/mol. The minimum atomic E-state index is 0.599. The van der Waals surface area contributed by atoms with E-state index in [1.807, 2.05) is 13.2 Å². The van der Waals surface area contributed by atoms with Gasteiger partial charge in [0, 0.05) is 25.8 Å². The standard InChI is InChI=1S/C9H14N4/c1-13-7-9(11-12-13)6-10-8-4-2-3-5-8/h2-3,7-8,10H,4-6H2,1H3. The predicted molar refractivity (Wildman–Crippen MR) is 50.0 cm³/mol. The van der Waals surface area contributed by atoms with Crippen LogP contribution in [0, 0.1) is 0 Å². The van der Waals surface area contributed by atoms with Crippen molar-refractivity contribution in [1.82, 2.24) is 20.3 Å². The quantitative estimate of drug-likeness (QED) is 0.690. The Kier molecular flexibility index (Phi) is 2.40. The first-order chi connectivity index (χ1) is 6.34. The lowest BCUT2D eigenvalue weighted by Crippen LogP contribution is -2.25. The smallest absolute Gasteiger partial charge is 0.0964 e. The van der Waals surface area contributed by atoms with Gasteiger partial charge >= 0.3 is 0 Å². The Morgan fingerprint density at radius 2 is 2.31 bits per heavy atom. The molecule has 0 fully saturated rings. The van der Waals surface area contributed by atoms with Crippen LogP contribution in [0.4, 0.5) is 0 Å². The first kappa shape index (κ1) is 8.44. The van der Waals surface area contributed by atoms with E-state index in [2.05, 4.69) is 27.8 Å². The van der Waals surface area contributed by atoms with Gasteiger partial charge < -0.3 is 5.32 Å². The molecule has 70 valence electrons. The molecule has 0 amide bonds. The molecular formula is C9H14N4. The molecule has 0 aromatic carbocycles. The average molecular weight is 178 g/mol. The van der Waals surface area contributed by atoms with E-state index in [0.717, 1.165) is 25.1 Å². The zero-order valence-electron chi connectivity index (χ0n) is 7.77. The van der Waals surface area contributed by atoms with Crippen molar-refractivity contribution in [2.45, 2.75) is 25.4 Å². The first-order valence-corrected chi connectivity index (χ1v) is 4.58. The number of hydrogen-bond acceptors (Lipinski definition) is 3. The van der Waals surface area contributed by atoms with Crippen molar-refractivity contribution in [2.75, 3.05) is 0 Å². The van der Waals surface area contributed by atoms with Gasteiger partial charge in [0.2, 0.25) is 0 Å². The van der Waals surface area contributed by atoms with Gasteiger partial charge in [0.05, 0.1) is 5.69 Å². The highest BCUT2D eigenvalue weighted by Crippen LogP contribution is 2.09. The minimum Gasteiger partial charge on any atom is -0.308 e. The van der Waals surface area contributed by atoms with E-state index in [4.69, 9.17) is 0 Å². The first-order valence-electron chi connectivity index (χ1n) is 4.58. The maximum absolute atomic E-state index is 4.01. The van der Waals surface area contributed by atoms with Crippen LogP contribution in [0.5, 0.6) is 0 Å². The Bertz CT molecular complexity index is 294. The van der Waals surface area contributed by atoms with Gasteiger partial charge in [0.1, 0.15) is 0 Å². The van der Waals surface area contributed by atoms with Crippen LogP contribution in [0.15, 0.2) is 18.3 Å². The van der Waals surface area contributed by atoms with Crippen LogP contribution >= 0.6 is 0 Å². The Labute approximate surface area is 77.6 Å². The largest absolute Gasteiger partial charge is 0.308 e. The minimum absolute atomic E-state index is 0.599. The number of nitrogens with one attached hydrogen (secondary N) is 1. The Morgan fingerprint density at radius 3 is 2.92 bits per heavy atom. The summed E-state index contributed by atoms with van der Waals surface area (Å²) in [5.41, 5.74) is 1.01. The van der Waals surface area contributed by atoms with Crippen LogP contribution in [-0.2, 0) is 13.6 Å². The van der Waals surface area contributed by atoms with Crippen LogP contribution < -0.4 is 5.32 Å². The van der Waals surface area contributed by atoms with Crippen LogP contribution in [0.25, 0.3) is 0 Å². The molecule has 0 saturated carbocycles. The fraction of sp³-hybridized carbons (Fsp3) is 0.556. The molecule has 1 aliphatic carbocycles. The summed E-state index contributed by atoms with van der Waals surface area (Å²) in [7, 11) is 1.88. The molecule has 2 rings (SSSR count). The maximum Gasteiger partial charge on any atom is 0.0964 e. The van der Waals surface area contributed by atoms with Crippen molar-refractivity contribution in [2.24, 2.45) is 7.05 Å². The molecule has 1 aliphatic rings. The van der Waals surface area contributed by atoms with Gasteiger partial charge in [-0.25, -0.2) is 0 Å². The van der Waals surface area contributed by atoms with Gasteiger partial charge in [-0.3, -0.25) is 4.68 Å². The highest BCUT2D eigenvalue weighted by atomic mass is 15.4. The molecule has 0 saturated heterocycles. The normalized spacial score (nSPS) is 17.0. The number of nitrogens with zero attached hydrogens (tertiary/aromatic N) is 3. The number of aromatic nitrogens is 3. The van der Waals surface area contributed by atoms with Crippen LogP contribution in [0.3, 0.4) is 0 Å². The van der Waals surface area contributed by atoms with Crippen LogP contribution in [-0.4, -0.2) is 21.0 Å². The fourth-order valence-electron chi connectivity index (χ4n) is 1.51. The highest BCUT2D eigenvalue weighted by molar-refractivity contribution is 4.99. The summed E-state index contributed by atoms with van der Waals surface area (Å²) < 4.78 is 1.73. The molecule has 1 aromatic heterocycles. The number of rotatable bonds is 3. The second-order valence-electron chi connectivity index (χ2n) is 3.40. The highest BCUT2D eigenvalue weighted by Gasteiger charge is 2.09. The van der Waals surface area contributed by atoms with E-state index in [1.165, 1.54) is 0 Å². The summed E-state index contributed by atoms with van der Waals surface area (Å²) in [6.07, 6.45) is 8.65. The van der Waals surface area contributed by atoms with E-state index in [-0.39, 0.29) is 0 Å². The summed E-state index contributed by atoms with van der Waals surface area (Å²) in [6, 6.07) is 0.599. The van der Waals surface area contributed by atoms with Crippen molar-refractivity contribution >= 4 is 0 Å². The summed E-state index contributed by atoms with van der Waals surface area (Å²) in [5, 5.41) is 11.3. The lowest BCUT2D eigenvalue weighted by atomic mass is 10.2. The summed E-state index contributed by atoms with van der Waals surface area (Å²) in [4.78, 5) is 0. The van der Waals surface area contributed by atoms with Crippen LogP contribution in [0.2, 0.25) is 0 Å². The van der Waals surface area contributed by atoms with Crippen molar-refractivity contribution in [3.63, 3.8) is 0 Å². The zero-order valence-corrected chi connectivity index (χ0v) is 7.77. The van der Waals surface area contributed by atoms with E-state index >= 15 is 0 Å². The van der Waals surface area contributed by atoms with Crippen molar-refractivity contribution in [3.8, 4) is 0 Å². The Morgan fingerprint density at radius 1 is 1.54 bits per heavy atom. The van der Waals surface area contributed by atoms with Gasteiger partial charge in [-0.05, 0) is 12.8 Å². The second kappa shape index (κ2) is 3.70. The van der Waals surface area contributed by atoms with Gasteiger partial charge in [-0.2, -0.15) is 0 Å². The van der Waals surface area contributed by atoms with Gasteiger partial charge in [0.25, 0.3) is 0 Å². The van der Waals surface area contributed by atoms with Crippen molar-refractivity contribution < 1.29 is 0 Å². The molecule has 4 nitrogen and oxygen atoms in total. The van der Waals surface area contributed by atoms with Crippen molar-refractivity contribution in [1.29, 1.82) is 0 Å². The van der Waals surface area contributed by atoms with Gasteiger partial charge in [-0.15, -0.1) is 5.10 Å². The topological polar surface area (TPSA) is 42.7 Å². The molecule has 0 unspecified atom stereocenters. The molecule has 4 heteroatoms. The third-order valence-electron chi connectivity index (χ3n) is 2.23. The summed E-state index contributed by atoms with van der Waals surface area (Å²) >= 11 is 0. The van der Waals surface area contributed by atoms with E-state index < -0.39 is 0 Å². The fourth-order valence-corrected chi connectivity index (χ4v) is 1.51. The molecule has 0 spiro atoms.